The van der Waals surface area contributed by atoms with E-state index in [-0.39, 0.29) is 12.4 Å². The number of hydrogen-bond acceptors (Lipinski definition) is 4. The number of carbonyl (C=O) groups is 1. The molecule has 1 fully saturated rings. The Morgan fingerprint density at radius 1 is 1.24 bits per heavy atom. The predicted octanol–water partition coefficient (Wildman–Crippen LogP) is 3.47. The molecule has 1 N–H and O–H groups in total. The van der Waals surface area contributed by atoms with Gasteiger partial charge in [0.05, 0.1) is 0 Å². The van der Waals surface area contributed by atoms with Gasteiger partial charge >= 0.3 is 0 Å². The quantitative estimate of drug-likeness (QED) is 0.785. The van der Waals surface area contributed by atoms with E-state index in [1.165, 1.54) is 12.5 Å². The third-order valence-corrected chi connectivity index (χ3v) is 4.68. The molecular weight excluding hydrogens is 314 g/mol. The molecule has 1 aliphatic rings. The second-order valence-electron chi connectivity index (χ2n) is 6.61. The maximum Gasteiger partial charge on any atom is 0.159 e. The number of nitrogens with zero attached hydrogens (tertiary/aromatic N) is 1. The van der Waals surface area contributed by atoms with Gasteiger partial charge in [-0.25, -0.2) is 0 Å². The van der Waals surface area contributed by atoms with Gasteiger partial charge in [0, 0.05) is 18.2 Å². The highest BCUT2D eigenvalue weighted by Gasteiger charge is 2.27. The van der Waals surface area contributed by atoms with Crippen molar-refractivity contribution < 1.29 is 14.6 Å². The minimum absolute atomic E-state index is 0.00812. The topological polar surface area (TPSA) is 49.8 Å². The van der Waals surface area contributed by atoms with Gasteiger partial charge in [0.2, 0.25) is 0 Å². The molecule has 0 spiro atoms. The van der Waals surface area contributed by atoms with Crippen LogP contribution in [0, 0.1) is 0 Å². The Morgan fingerprint density at radius 3 is 2.80 bits per heavy atom. The minimum atomic E-state index is -0.565. The number of benzene rings is 2. The number of hydrogen-bond donors (Lipinski definition) is 1. The van der Waals surface area contributed by atoms with E-state index >= 15 is 0 Å². The highest BCUT2D eigenvalue weighted by atomic mass is 16.5. The maximum atomic E-state index is 11.4. The Labute approximate surface area is 149 Å². The van der Waals surface area contributed by atoms with Crippen molar-refractivity contribution in [3.05, 3.63) is 65.7 Å². The van der Waals surface area contributed by atoms with Crippen LogP contribution in [0.1, 0.15) is 41.7 Å². The van der Waals surface area contributed by atoms with Crippen LogP contribution >= 0.6 is 0 Å². The number of Topliss-reactive ketones (excluding diaryl/α,β-unsaturated/α-hetero) is 1. The third kappa shape index (κ3) is 4.68. The van der Waals surface area contributed by atoms with Gasteiger partial charge in [0.1, 0.15) is 18.5 Å². The highest BCUT2D eigenvalue weighted by molar-refractivity contribution is 5.94. The molecule has 1 saturated heterocycles. The number of carbonyl (C=O) groups excluding carboxylic acids is 1. The van der Waals surface area contributed by atoms with Gasteiger partial charge in [-0.1, -0.05) is 42.5 Å². The van der Waals surface area contributed by atoms with Crippen LogP contribution in [-0.4, -0.2) is 41.6 Å². The fourth-order valence-electron chi connectivity index (χ4n) is 3.42. The van der Waals surface area contributed by atoms with E-state index in [2.05, 4.69) is 29.2 Å². The fraction of sp³-hybridized carbons (Fsp3) is 0.381. The molecule has 132 valence electrons. The first-order valence-electron chi connectivity index (χ1n) is 8.84. The Balaban J connectivity index is 1.54. The first-order valence-corrected chi connectivity index (χ1v) is 8.84. The number of ketones is 1. The zero-order valence-electron chi connectivity index (χ0n) is 14.6. The Morgan fingerprint density at radius 2 is 2.04 bits per heavy atom. The number of ether oxygens (including phenoxy) is 1. The summed E-state index contributed by atoms with van der Waals surface area (Å²) in [5.41, 5.74) is 1.93. The lowest BCUT2D eigenvalue weighted by atomic mass is 10.0. The summed E-state index contributed by atoms with van der Waals surface area (Å²) in [5, 5.41) is 10.4. The van der Waals surface area contributed by atoms with Crippen LogP contribution in [0.25, 0.3) is 0 Å². The van der Waals surface area contributed by atoms with Crippen molar-refractivity contribution in [3.63, 3.8) is 0 Å². The first kappa shape index (κ1) is 17.6. The highest BCUT2D eigenvalue weighted by Crippen LogP contribution is 2.31. The van der Waals surface area contributed by atoms with E-state index in [1.54, 1.807) is 18.2 Å². The van der Waals surface area contributed by atoms with Gasteiger partial charge < -0.3 is 9.84 Å². The van der Waals surface area contributed by atoms with E-state index in [1.807, 2.05) is 12.1 Å². The van der Waals surface area contributed by atoms with Gasteiger partial charge in [-0.3, -0.25) is 9.69 Å². The summed E-state index contributed by atoms with van der Waals surface area (Å²) in [6.45, 7) is 3.34. The summed E-state index contributed by atoms with van der Waals surface area (Å²) in [6.07, 6.45) is 1.71. The van der Waals surface area contributed by atoms with Crippen molar-refractivity contribution >= 4 is 5.78 Å². The molecule has 0 radical (unpaired) electrons. The van der Waals surface area contributed by atoms with Crippen molar-refractivity contribution in [2.24, 2.45) is 0 Å². The fourth-order valence-corrected chi connectivity index (χ4v) is 3.42. The molecule has 4 nitrogen and oxygen atoms in total. The molecule has 0 amide bonds. The number of aliphatic hydroxyl groups excluding tert-OH is 1. The summed E-state index contributed by atoms with van der Waals surface area (Å²) in [4.78, 5) is 13.8. The molecule has 2 aromatic carbocycles. The molecular formula is C21H25NO3. The summed E-state index contributed by atoms with van der Waals surface area (Å²) < 4.78 is 5.68. The smallest absolute Gasteiger partial charge is 0.159 e. The minimum Gasteiger partial charge on any atom is -0.491 e. The van der Waals surface area contributed by atoms with Crippen molar-refractivity contribution in [2.45, 2.75) is 31.9 Å². The van der Waals surface area contributed by atoms with E-state index in [0.29, 0.717) is 23.9 Å². The van der Waals surface area contributed by atoms with Crippen LogP contribution in [0.2, 0.25) is 0 Å². The van der Waals surface area contributed by atoms with Gasteiger partial charge in [0.25, 0.3) is 0 Å². The lowest BCUT2D eigenvalue weighted by molar-refractivity contribution is 0.0638. The Hall–Kier alpha value is -2.17. The number of rotatable bonds is 7. The van der Waals surface area contributed by atoms with Crippen LogP contribution < -0.4 is 4.74 Å². The molecule has 1 heterocycles. The molecule has 1 aliphatic heterocycles. The SMILES string of the molecule is CC(=O)c1cccc(OCC(O)CN2CCCC2c2ccccc2)c1. The second-order valence-corrected chi connectivity index (χ2v) is 6.61. The van der Waals surface area contributed by atoms with Gasteiger partial charge in [-0.2, -0.15) is 0 Å². The van der Waals surface area contributed by atoms with E-state index in [0.717, 1.165) is 19.4 Å². The van der Waals surface area contributed by atoms with Crippen LogP contribution in [0.4, 0.5) is 0 Å². The molecule has 3 rings (SSSR count). The Bertz CT molecular complexity index is 701. The average molecular weight is 339 g/mol. The van der Waals surface area contributed by atoms with Crippen LogP contribution in [0.15, 0.2) is 54.6 Å². The van der Waals surface area contributed by atoms with Gasteiger partial charge in [0.15, 0.2) is 5.78 Å². The largest absolute Gasteiger partial charge is 0.491 e. The lowest BCUT2D eigenvalue weighted by Gasteiger charge is -2.27. The number of β-amino-alcohol motifs (C(OH)–C–C–N with tert-alkyl or cyclic N) is 1. The van der Waals surface area contributed by atoms with Crippen LogP contribution in [0.5, 0.6) is 5.75 Å². The van der Waals surface area contributed by atoms with Gasteiger partial charge in [-0.05, 0) is 44.0 Å². The molecule has 0 bridgehead atoms. The number of likely N-dealkylation sites (tertiary alicyclic amines) is 1. The van der Waals surface area contributed by atoms with Crippen LogP contribution in [-0.2, 0) is 0 Å². The molecule has 0 saturated carbocycles. The van der Waals surface area contributed by atoms with E-state index < -0.39 is 6.10 Å². The van der Waals surface area contributed by atoms with Crippen molar-refractivity contribution in [2.75, 3.05) is 19.7 Å². The molecule has 2 aromatic rings. The van der Waals surface area contributed by atoms with Crippen molar-refractivity contribution in [3.8, 4) is 5.75 Å². The zero-order chi connectivity index (χ0) is 17.6. The maximum absolute atomic E-state index is 11.4. The molecule has 25 heavy (non-hydrogen) atoms. The standard InChI is InChI=1S/C21H25NO3/c1-16(23)18-9-5-10-20(13-18)25-15-19(24)14-22-12-6-11-21(22)17-7-3-2-4-8-17/h2-5,7-10,13,19,21,24H,6,11-12,14-15H2,1H3. The number of aliphatic hydroxyl groups is 1. The van der Waals surface area contributed by atoms with Crippen molar-refractivity contribution in [1.29, 1.82) is 0 Å². The van der Waals surface area contributed by atoms with Crippen LogP contribution in [0.3, 0.4) is 0 Å². The average Bonchev–Trinajstić information content (AvgIpc) is 3.09. The first-order chi connectivity index (χ1) is 12.1. The van der Waals surface area contributed by atoms with Crippen molar-refractivity contribution in [1.82, 2.24) is 4.90 Å². The molecule has 2 atom stereocenters. The third-order valence-electron chi connectivity index (χ3n) is 4.68. The summed E-state index contributed by atoms with van der Waals surface area (Å²) >= 11 is 0. The lowest BCUT2D eigenvalue weighted by Crippen LogP contribution is -2.35. The summed E-state index contributed by atoms with van der Waals surface area (Å²) in [7, 11) is 0. The normalized spacial score (nSPS) is 18.9. The Kier molecular flexibility index (Phi) is 5.84. The van der Waals surface area contributed by atoms with Gasteiger partial charge in [-0.15, -0.1) is 0 Å². The molecule has 4 heteroatoms. The van der Waals surface area contributed by atoms with E-state index in [9.17, 15) is 9.90 Å². The molecule has 2 unspecified atom stereocenters. The molecule has 0 aromatic heterocycles. The molecule has 0 aliphatic carbocycles. The van der Waals surface area contributed by atoms with E-state index in [4.69, 9.17) is 4.74 Å². The predicted molar refractivity (Wildman–Crippen MR) is 97.9 cm³/mol. The monoisotopic (exact) mass is 339 g/mol. The zero-order valence-corrected chi connectivity index (χ0v) is 14.6. The second kappa shape index (κ2) is 8.28. The summed E-state index contributed by atoms with van der Waals surface area (Å²) in [5.74, 6) is 0.626. The summed E-state index contributed by atoms with van der Waals surface area (Å²) in [6, 6.07) is 17.9.